The van der Waals surface area contributed by atoms with Gasteiger partial charge in [0.15, 0.2) is 0 Å². The zero-order valence-electron chi connectivity index (χ0n) is 12.0. The van der Waals surface area contributed by atoms with Gasteiger partial charge in [-0.25, -0.2) is 0 Å². The van der Waals surface area contributed by atoms with Crippen molar-refractivity contribution in [2.45, 2.75) is 6.92 Å². The molecule has 2 rings (SSSR count). The van der Waals surface area contributed by atoms with Crippen molar-refractivity contribution in [3.8, 4) is 11.5 Å². The van der Waals surface area contributed by atoms with E-state index in [4.69, 9.17) is 15.2 Å². The molecule has 2 aromatic rings. The first-order valence-corrected chi connectivity index (χ1v) is 7.34. The second-order valence-corrected chi connectivity index (χ2v) is 5.63. The molecule has 0 aliphatic rings. The maximum Gasteiger partial charge on any atom is 0.269 e. The Labute approximate surface area is 127 Å². The Balaban J connectivity index is 2.05. The first-order chi connectivity index (χ1) is 10.1. The number of carbonyl (C=O) groups excluding carboxylic acids is 1. The van der Waals surface area contributed by atoms with Crippen molar-refractivity contribution in [2.24, 2.45) is 5.73 Å². The lowest BCUT2D eigenvalue weighted by atomic mass is 10.3. The molecule has 0 atom stereocenters. The summed E-state index contributed by atoms with van der Waals surface area (Å²) in [5.41, 5.74) is 6.08. The molecule has 1 aromatic carbocycles. The first-order valence-electron chi connectivity index (χ1n) is 6.52. The highest BCUT2D eigenvalue weighted by molar-refractivity contribution is 7.14. The van der Waals surface area contributed by atoms with Crippen LogP contribution in [-0.4, -0.2) is 26.2 Å². The smallest absolute Gasteiger partial charge is 0.269 e. The van der Waals surface area contributed by atoms with Crippen LogP contribution >= 0.6 is 11.3 Å². The highest BCUT2D eigenvalue weighted by atomic mass is 32.1. The molecule has 0 aliphatic heterocycles. The van der Waals surface area contributed by atoms with Gasteiger partial charge >= 0.3 is 0 Å². The summed E-state index contributed by atoms with van der Waals surface area (Å²) in [6.45, 7) is 2.88. The van der Waals surface area contributed by atoms with Crippen LogP contribution in [0.5, 0.6) is 11.5 Å². The van der Waals surface area contributed by atoms with Gasteiger partial charge in [-0.2, -0.15) is 0 Å². The number of nitrogens with one attached hydrogen (secondary N) is 1. The zero-order valence-corrected chi connectivity index (χ0v) is 12.8. The van der Waals surface area contributed by atoms with Gasteiger partial charge in [0.05, 0.1) is 7.11 Å². The van der Waals surface area contributed by atoms with Gasteiger partial charge in [0.25, 0.3) is 5.91 Å². The van der Waals surface area contributed by atoms with Crippen molar-refractivity contribution in [1.29, 1.82) is 0 Å². The minimum atomic E-state index is -0.180. The van der Waals surface area contributed by atoms with Crippen LogP contribution in [0, 0.1) is 6.92 Å². The summed E-state index contributed by atoms with van der Waals surface area (Å²) in [6.07, 6.45) is 0. The van der Waals surface area contributed by atoms with E-state index in [2.05, 4.69) is 5.32 Å². The number of anilines is 1. The van der Waals surface area contributed by atoms with Crippen LogP contribution in [0.15, 0.2) is 30.3 Å². The predicted molar refractivity (Wildman–Crippen MR) is 84.6 cm³/mol. The third-order valence-corrected chi connectivity index (χ3v) is 3.78. The molecule has 3 N–H and O–H groups in total. The third-order valence-electron chi connectivity index (χ3n) is 2.75. The van der Waals surface area contributed by atoms with Crippen molar-refractivity contribution >= 4 is 22.9 Å². The van der Waals surface area contributed by atoms with Gasteiger partial charge in [-0.1, -0.05) is 0 Å². The number of benzene rings is 1. The van der Waals surface area contributed by atoms with Gasteiger partial charge in [-0.3, -0.25) is 4.79 Å². The molecule has 5 nitrogen and oxygen atoms in total. The van der Waals surface area contributed by atoms with E-state index in [9.17, 15) is 4.79 Å². The fourth-order valence-electron chi connectivity index (χ4n) is 1.80. The van der Waals surface area contributed by atoms with E-state index in [-0.39, 0.29) is 5.91 Å². The number of carbonyl (C=O) groups is 1. The fraction of sp³-hybridized carbons (Fsp3) is 0.267. The van der Waals surface area contributed by atoms with Crippen molar-refractivity contribution in [3.05, 3.63) is 40.1 Å². The molecular weight excluding hydrogens is 288 g/mol. The Morgan fingerprint density at radius 3 is 2.67 bits per heavy atom. The SMILES string of the molecule is COc1cc(C)sc1C(=O)Nc1ccc(OCCN)cc1. The summed E-state index contributed by atoms with van der Waals surface area (Å²) < 4.78 is 10.6. The number of amides is 1. The number of methoxy groups -OCH3 is 1. The van der Waals surface area contributed by atoms with Gasteiger partial charge in [-0.05, 0) is 37.3 Å². The molecular formula is C15H18N2O3S. The topological polar surface area (TPSA) is 73.6 Å². The Kier molecular flexibility index (Phi) is 5.19. The number of rotatable bonds is 6. The number of aryl methyl sites for hydroxylation is 1. The number of hydrogen-bond donors (Lipinski definition) is 2. The van der Waals surface area contributed by atoms with Gasteiger partial charge in [-0.15, -0.1) is 11.3 Å². The molecule has 1 aromatic heterocycles. The van der Waals surface area contributed by atoms with Gasteiger partial charge in [0, 0.05) is 17.1 Å². The van der Waals surface area contributed by atoms with E-state index < -0.39 is 0 Å². The average molecular weight is 306 g/mol. The molecule has 0 radical (unpaired) electrons. The highest BCUT2D eigenvalue weighted by Crippen LogP contribution is 2.29. The number of hydrogen-bond acceptors (Lipinski definition) is 5. The monoisotopic (exact) mass is 306 g/mol. The lowest BCUT2D eigenvalue weighted by molar-refractivity contribution is 0.102. The Hall–Kier alpha value is -2.05. The summed E-state index contributed by atoms with van der Waals surface area (Å²) in [5, 5.41) is 2.84. The molecule has 0 bridgehead atoms. The summed E-state index contributed by atoms with van der Waals surface area (Å²) in [7, 11) is 1.56. The normalized spacial score (nSPS) is 10.2. The summed E-state index contributed by atoms with van der Waals surface area (Å²) in [4.78, 5) is 13.8. The molecule has 0 saturated carbocycles. The maximum atomic E-state index is 12.2. The lowest BCUT2D eigenvalue weighted by Crippen LogP contribution is -2.12. The third kappa shape index (κ3) is 3.96. The molecule has 21 heavy (non-hydrogen) atoms. The van der Waals surface area contributed by atoms with E-state index in [1.165, 1.54) is 11.3 Å². The molecule has 0 unspecified atom stereocenters. The first kappa shape index (κ1) is 15.3. The second-order valence-electron chi connectivity index (χ2n) is 4.37. The van der Waals surface area contributed by atoms with Crippen LogP contribution in [0.4, 0.5) is 5.69 Å². The van der Waals surface area contributed by atoms with Gasteiger partial charge < -0.3 is 20.5 Å². The van der Waals surface area contributed by atoms with E-state index in [0.717, 1.165) is 10.6 Å². The van der Waals surface area contributed by atoms with Crippen LogP contribution in [0.2, 0.25) is 0 Å². The van der Waals surface area contributed by atoms with Crippen LogP contribution in [0.25, 0.3) is 0 Å². The zero-order chi connectivity index (χ0) is 15.2. The highest BCUT2D eigenvalue weighted by Gasteiger charge is 2.15. The van der Waals surface area contributed by atoms with Crippen molar-refractivity contribution < 1.29 is 14.3 Å². The van der Waals surface area contributed by atoms with Crippen molar-refractivity contribution in [1.82, 2.24) is 0 Å². The predicted octanol–water partition coefficient (Wildman–Crippen LogP) is 2.65. The van der Waals surface area contributed by atoms with E-state index in [1.54, 1.807) is 31.4 Å². The maximum absolute atomic E-state index is 12.2. The van der Waals surface area contributed by atoms with Crippen LogP contribution in [0.3, 0.4) is 0 Å². The van der Waals surface area contributed by atoms with Crippen LogP contribution < -0.4 is 20.5 Å². The molecule has 112 valence electrons. The van der Waals surface area contributed by atoms with Gasteiger partial charge in [0.2, 0.25) is 0 Å². The quantitative estimate of drug-likeness (QED) is 0.860. The van der Waals surface area contributed by atoms with Gasteiger partial charge in [0.1, 0.15) is 23.0 Å². The minimum Gasteiger partial charge on any atom is -0.495 e. The largest absolute Gasteiger partial charge is 0.495 e. The minimum absolute atomic E-state index is 0.180. The van der Waals surface area contributed by atoms with Crippen LogP contribution in [0.1, 0.15) is 14.5 Å². The summed E-state index contributed by atoms with van der Waals surface area (Å²) >= 11 is 1.40. The molecule has 0 saturated heterocycles. The summed E-state index contributed by atoms with van der Waals surface area (Å²) in [5.74, 6) is 1.14. The van der Waals surface area contributed by atoms with E-state index in [1.807, 2.05) is 13.0 Å². The standard InChI is InChI=1S/C15H18N2O3S/c1-10-9-13(19-2)14(21-10)15(18)17-11-3-5-12(6-4-11)20-8-7-16/h3-6,9H,7-8,16H2,1-2H3,(H,17,18). The average Bonchev–Trinajstić information content (AvgIpc) is 2.88. The fourth-order valence-corrected chi connectivity index (χ4v) is 2.67. The Bertz CT molecular complexity index is 608. The number of ether oxygens (including phenoxy) is 2. The number of nitrogens with two attached hydrogens (primary N) is 1. The Morgan fingerprint density at radius 2 is 2.05 bits per heavy atom. The molecule has 0 spiro atoms. The Morgan fingerprint density at radius 1 is 1.33 bits per heavy atom. The van der Waals surface area contributed by atoms with E-state index >= 15 is 0 Å². The van der Waals surface area contributed by atoms with Crippen molar-refractivity contribution in [2.75, 3.05) is 25.6 Å². The molecule has 0 aliphatic carbocycles. The second kappa shape index (κ2) is 7.10. The molecule has 0 fully saturated rings. The van der Waals surface area contributed by atoms with Crippen LogP contribution in [-0.2, 0) is 0 Å². The molecule has 1 amide bonds. The lowest BCUT2D eigenvalue weighted by Gasteiger charge is -2.07. The number of thiophene rings is 1. The summed E-state index contributed by atoms with van der Waals surface area (Å²) in [6, 6.07) is 9.01. The molecule has 1 heterocycles. The van der Waals surface area contributed by atoms with Crippen molar-refractivity contribution in [3.63, 3.8) is 0 Å². The van der Waals surface area contributed by atoms with E-state index in [0.29, 0.717) is 29.5 Å². The molecule has 6 heteroatoms.